The first-order chi connectivity index (χ1) is 10.8. The van der Waals surface area contributed by atoms with Crippen LogP contribution >= 0.6 is 11.6 Å². The largest absolute Gasteiger partial charge is 0.439 e. The van der Waals surface area contributed by atoms with Crippen molar-refractivity contribution in [2.75, 3.05) is 4.72 Å². The number of sulfonamides is 1. The maximum Gasteiger partial charge on any atom is 0.295 e. The molecule has 0 saturated carbocycles. The summed E-state index contributed by atoms with van der Waals surface area (Å²) in [5, 5.41) is 3.99. The number of rotatable bonds is 4. The molecule has 1 N–H and O–H groups in total. The van der Waals surface area contributed by atoms with Crippen LogP contribution in [0, 0.1) is 13.8 Å². The highest BCUT2D eigenvalue weighted by molar-refractivity contribution is 7.92. The van der Waals surface area contributed by atoms with Gasteiger partial charge in [-0.05, 0) is 43.7 Å². The monoisotopic (exact) mass is 352 g/mol. The lowest BCUT2D eigenvalue weighted by molar-refractivity contribution is 0.398. The zero-order valence-electron chi connectivity index (χ0n) is 12.3. The Labute approximate surface area is 138 Å². The normalized spacial score (nSPS) is 11.6. The zero-order valence-corrected chi connectivity index (χ0v) is 13.9. The van der Waals surface area contributed by atoms with Crippen molar-refractivity contribution < 1.29 is 17.4 Å². The average Bonchev–Trinajstić information content (AvgIpc) is 3.11. The van der Waals surface area contributed by atoms with Gasteiger partial charge < -0.3 is 8.94 Å². The average molecular weight is 353 g/mol. The van der Waals surface area contributed by atoms with Crippen molar-refractivity contribution in [1.82, 2.24) is 5.16 Å². The lowest BCUT2D eigenvalue weighted by Crippen LogP contribution is -2.12. The van der Waals surface area contributed by atoms with Crippen molar-refractivity contribution in [3.8, 4) is 11.5 Å². The number of furan rings is 1. The summed E-state index contributed by atoms with van der Waals surface area (Å²) in [6.07, 6.45) is 0. The molecule has 0 fully saturated rings. The van der Waals surface area contributed by atoms with Crippen LogP contribution in [0.15, 0.2) is 50.4 Å². The molecular weight excluding hydrogens is 340 g/mol. The number of anilines is 1. The number of nitrogens with zero attached hydrogens (tertiary/aromatic N) is 1. The SMILES string of the molecule is Cc1cc(-c2ccc(S(=O)(=O)Nc3ccc(C)c(Cl)c3)o2)on1. The molecule has 0 spiro atoms. The Hall–Kier alpha value is -2.25. The van der Waals surface area contributed by atoms with Crippen LogP contribution in [0.4, 0.5) is 5.69 Å². The van der Waals surface area contributed by atoms with Crippen LogP contribution in [-0.4, -0.2) is 13.6 Å². The van der Waals surface area contributed by atoms with Gasteiger partial charge in [0.05, 0.1) is 11.4 Å². The predicted octanol–water partition coefficient (Wildman–Crippen LogP) is 4.01. The third-order valence-corrected chi connectivity index (χ3v) is 4.80. The third-order valence-electron chi connectivity index (χ3n) is 3.14. The predicted molar refractivity (Wildman–Crippen MR) is 85.9 cm³/mol. The van der Waals surface area contributed by atoms with Crippen molar-refractivity contribution in [2.24, 2.45) is 0 Å². The maximum atomic E-state index is 12.4. The van der Waals surface area contributed by atoms with Gasteiger partial charge in [0, 0.05) is 11.1 Å². The van der Waals surface area contributed by atoms with Gasteiger partial charge in [-0.25, -0.2) is 0 Å². The molecule has 8 heteroatoms. The molecule has 0 atom stereocenters. The zero-order chi connectivity index (χ0) is 16.6. The van der Waals surface area contributed by atoms with Crippen molar-refractivity contribution in [1.29, 1.82) is 0 Å². The Morgan fingerprint density at radius 1 is 1.09 bits per heavy atom. The van der Waals surface area contributed by atoms with E-state index in [9.17, 15) is 8.42 Å². The smallest absolute Gasteiger partial charge is 0.295 e. The summed E-state index contributed by atoms with van der Waals surface area (Å²) < 4.78 is 37.5. The number of nitrogens with one attached hydrogen (secondary N) is 1. The molecule has 1 aromatic carbocycles. The molecule has 0 aliphatic heterocycles. The summed E-state index contributed by atoms with van der Waals surface area (Å²) >= 11 is 6.00. The molecule has 0 radical (unpaired) electrons. The van der Waals surface area contributed by atoms with Crippen LogP contribution in [0.2, 0.25) is 5.02 Å². The molecule has 3 rings (SSSR count). The van der Waals surface area contributed by atoms with E-state index < -0.39 is 10.0 Å². The van der Waals surface area contributed by atoms with E-state index in [0.717, 1.165) is 5.56 Å². The van der Waals surface area contributed by atoms with E-state index in [1.807, 2.05) is 6.92 Å². The Bertz CT molecular complexity index is 960. The van der Waals surface area contributed by atoms with Gasteiger partial charge in [-0.2, -0.15) is 8.42 Å². The van der Waals surface area contributed by atoms with Crippen LogP contribution in [0.25, 0.3) is 11.5 Å². The molecule has 3 aromatic rings. The first-order valence-corrected chi connectivity index (χ1v) is 8.54. The molecular formula is C15H13ClN2O4S. The second-order valence-corrected chi connectivity index (χ2v) is 7.04. The van der Waals surface area contributed by atoms with Gasteiger partial charge in [-0.1, -0.05) is 22.8 Å². The lowest BCUT2D eigenvalue weighted by Gasteiger charge is -2.07. The van der Waals surface area contributed by atoms with E-state index in [1.54, 1.807) is 25.1 Å². The number of hydrogen-bond donors (Lipinski definition) is 1. The van der Waals surface area contributed by atoms with Crippen LogP contribution in [0.3, 0.4) is 0 Å². The van der Waals surface area contributed by atoms with Crippen molar-refractivity contribution in [2.45, 2.75) is 18.9 Å². The fraction of sp³-hybridized carbons (Fsp3) is 0.133. The summed E-state index contributed by atoms with van der Waals surface area (Å²) in [4.78, 5) is 0. The Kier molecular flexibility index (Phi) is 3.91. The molecule has 0 bridgehead atoms. The number of benzene rings is 1. The summed E-state index contributed by atoms with van der Waals surface area (Å²) in [6.45, 7) is 3.59. The fourth-order valence-corrected chi connectivity index (χ4v) is 3.10. The third kappa shape index (κ3) is 3.25. The first-order valence-electron chi connectivity index (χ1n) is 6.68. The highest BCUT2D eigenvalue weighted by Crippen LogP contribution is 2.27. The fourth-order valence-electron chi connectivity index (χ4n) is 1.94. The molecule has 2 heterocycles. The van der Waals surface area contributed by atoms with Gasteiger partial charge in [0.25, 0.3) is 10.0 Å². The van der Waals surface area contributed by atoms with Crippen LogP contribution in [0.1, 0.15) is 11.3 Å². The molecule has 0 aliphatic rings. The minimum Gasteiger partial charge on any atom is -0.439 e. The van der Waals surface area contributed by atoms with E-state index in [0.29, 0.717) is 22.2 Å². The number of hydrogen-bond acceptors (Lipinski definition) is 5. The van der Waals surface area contributed by atoms with E-state index >= 15 is 0 Å². The Morgan fingerprint density at radius 2 is 1.87 bits per heavy atom. The quantitative estimate of drug-likeness (QED) is 0.766. The molecule has 6 nitrogen and oxygen atoms in total. The first kappa shape index (κ1) is 15.6. The topological polar surface area (TPSA) is 85.3 Å². The van der Waals surface area contributed by atoms with Crippen molar-refractivity contribution in [3.63, 3.8) is 0 Å². The molecule has 2 aromatic heterocycles. The Balaban J connectivity index is 1.88. The maximum absolute atomic E-state index is 12.4. The van der Waals surface area contributed by atoms with Crippen molar-refractivity contribution in [3.05, 3.63) is 52.7 Å². The van der Waals surface area contributed by atoms with E-state index in [2.05, 4.69) is 9.88 Å². The highest BCUT2D eigenvalue weighted by Gasteiger charge is 2.21. The van der Waals surface area contributed by atoms with Gasteiger partial charge in [-0.15, -0.1) is 0 Å². The summed E-state index contributed by atoms with van der Waals surface area (Å²) in [5.41, 5.74) is 1.89. The number of halogens is 1. The van der Waals surface area contributed by atoms with Gasteiger partial charge in [0.2, 0.25) is 10.9 Å². The van der Waals surface area contributed by atoms with Gasteiger partial charge >= 0.3 is 0 Å². The summed E-state index contributed by atoms with van der Waals surface area (Å²) in [6, 6.07) is 9.41. The van der Waals surface area contributed by atoms with Crippen molar-refractivity contribution >= 4 is 27.3 Å². The van der Waals surface area contributed by atoms with E-state index in [-0.39, 0.29) is 10.9 Å². The van der Waals surface area contributed by atoms with Gasteiger partial charge in [-0.3, -0.25) is 4.72 Å². The van der Waals surface area contributed by atoms with Crippen LogP contribution in [-0.2, 0) is 10.0 Å². The summed E-state index contributed by atoms with van der Waals surface area (Å²) in [5.74, 6) is 0.648. The molecule has 0 amide bonds. The number of aryl methyl sites for hydroxylation is 2. The second kappa shape index (κ2) is 5.75. The second-order valence-electron chi connectivity index (χ2n) is 5.02. The highest BCUT2D eigenvalue weighted by atomic mass is 35.5. The molecule has 0 aliphatic carbocycles. The van der Waals surface area contributed by atoms with E-state index in [1.165, 1.54) is 18.2 Å². The summed E-state index contributed by atoms with van der Waals surface area (Å²) in [7, 11) is -3.86. The molecule has 0 unspecified atom stereocenters. The minimum absolute atomic E-state index is 0.224. The van der Waals surface area contributed by atoms with Crippen LogP contribution in [0.5, 0.6) is 0 Å². The lowest BCUT2D eigenvalue weighted by atomic mass is 10.2. The van der Waals surface area contributed by atoms with Gasteiger partial charge in [0.1, 0.15) is 0 Å². The minimum atomic E-state index is -3.86. The van der Waals surface area contributed by atoms with E-state index in [4.69, 9.17) is 20.5 Å². The Morgan fingerprint density at radius 3 is 2.52 bits per heavy atom. The molecule has 0 saturated heterocycles. The standard InChI is InChI=1S/C15H13ClN2O4S/c1-9-3-4-11(8-12(9)16)18-23(19,20)15-6-5-13(21-15)14-7-10(2)17-22-14/h3-8,18H,1-2H3. The molecule has 23 heavy (non-hydrogen) atoms. The number of aromatic nitrogens is 1. The molecule has 120 valence electrons. The van der Waals surface area contributed by atoms with Crippen LogP contribution < -0.4 is 4.72 Å². The van der Waals surface area contributed by atoms with Gasteiger partial charge in [0.15, 0.2) is 5.76 Å².